The summed E-state index contributed by atoms with van der Waals surface area (Å²) < 4.78 is 10.6. The van der Waals surface area contributed by atoms with Crippen LogP contribution >= 0.6 is 11.8 Å². The number of thioether (sulfide) groups is 1. The highest BCUT2D eigenvalue weighted by Crippen LogP contribution is 2.15. The minimum atomic E-state index is -0.793. The minimum absolute atomic E-state index is 0.0649. The van der Waals surface area contributed by atoms with Crippen LogP contribution in [0.15, 0.2) is 53.1 Å². The van der Waals surface area contributed by atoms with Crippen LogP contribution < -0.4 is 10.6 Å². The second kappa shape index (κ2) is 13.7. The number of Topliss-reactive ketones (excluding diaryl/α,β-unsaturated/α-hetero) is 1. The van der Waals surface area contributed by atoms with Crippen molar-refractivity contribution in [1.29, 1.82) is 0 Å². The minimum Gasteiger partial charge on any atom is -0.468 e. The number of ether oxygens (including phenoxy) is 1. The summed E-state index contributed by atoms with van der Waals surface area (Å²) in [7, 11) is 0. The number of ketones is 1. The van der Waals surface area contributed by atoms with E-state index < -0.39 is 18.2 Å². The molecule has 1 heterocycles. The molecule has 0 radical (unpaired) electrons. The average molecular weight is 475 g/mol. The molecule has 0 fully saturated rings. The number of carbonyl (C=O) groups excluding carboxylic acids is 3. The standard InChI is InChI=1S/C25H34N2O5S/c1-17(2)13-21(26-25(30)32-14-19-9-6-5-7-10-19)24(29)27-23(18(3)4)22(28)16-33-15-20-11-8-12-31-20/h5-12,17-18,21,23H,13-16H2,1-4H3,(H,26,30)(H,27,29). The highest BCUT2D eigenvalue weighted by molar-refractivity contribution is 7.99. The Bertz CT molecular complexity index is 868. The first-order valence-corrected chi connectivity index (χ1v) is 12.3. The fraction of sp³-hybridized carbons (Fsp3) is 0.480. The quantitative estimate of drug-likeness (QED) is 0.442. The molecule has 0 aliphatic carbocycles. The highest BCUT2D eigenvalue weighted by Gasteiger charge is 2.29. The van der Waals surface area contributed by atoms with E-state index in [4.69, 9.17) is 9.15 Å². The third-order valence-corrected chi connectivity index (χ3v) is 5.89. The Morgan fingerprint density at radius 3 is 2.33 bits per heavy atom. The predicted octanol–water partition coefficient (Wildman–Crippen LogP) is 4.56. The Morgan fingerprint density at radius 1 is 1.00 bits per heavy atom. The first kappa shape index (κ1) is 26.5. The zero-order valence-corrected chi connectivity index (χ0v) is 20.5. The van der Waals surface area contributed by atoms with Gasteiger partial charge in [0.25, 0.3) is 0 Å². The van der Waals surface area contributed by atoms with Gasteiger partial charge in [-0.25, -0.2) is 4.79 Å². The van der Waals surface area contributed by atoms with Crippen LogP contribution in [0.3, 0.4) is 0 Å². The van der Waals surface area contributed by atoms with E-state index in [1.165, 1.54) is 11.8 Å². The van der Waals surface area contributed by atoms with E-state index in [9.17, 15) is 14.4 Å². The van der Waals surface area contributed by atoms with Crippen molar-refractivity contribution < 1.29 is 23.5 Å². The van der Waals surface area contributed by atoms with Crippen molar-refractivity contribution in [3.05, 3.63) is 60.1 Å². The predicted molar refractivity (Wildman–Crippen MR) is 130 cm³/mol. The Hall–Kier alpha value is -2.74. The van der Waals surface area contributed by atoms with Crippen LogP contribution in [0.4, 0.5) is 4.79 Å². The van der Waals surface area contributed by atoms with Crippen LogP contribution in [0.2, 0.25) is 0 Å². The van der Waals surface area contributed by atoms with Gasteiger partial charge in [-0.15, -0.1) is 11.8 Å². The number of rotatable bonds is 13. The molecule has 1 aromatic heterocycles. The molecule has 2 atom stereocenters. The van der Waals surface area contributed by atoms with E-state index in [-0.39, 0.29) is 35.9 Å². The average Bonchev–Trinajstić information content (AvgIpc) is 3.29. The number of amides is 2. The molecular weight excluding hydrogens is 440 g/mol. The number of hydrogen-bond donors (Lipinski definition) is 2. The lowest BCUT2D eigenvalue weighted by Gasteiger charge is -2.25. The van der Waals surface area contributed by atoms with E-state index in [1.54, 1.807) is 6.26 Å². The van der Waals surface area contributed by atoms with Crippen LogP contribution in [0.1, 0.15) is 45.4 Å². The number of benzene rings is 1. The van der Waals surface area contributed by atoms with Crippen molar-refractivity contribution in [2.24, 2.45) is 11.8 Å². The molecule has 1 aromatic carbocycles. The number of alkyl carbamates (subject to hydrolysis) is 1. The number of hydrogen-bond acceptors (Lipinski definition) is 6. The van der Waals surface area contributed by atoms with Gasteiger partial charge in [0.15, 0.2) is 5.78 Å². The van der Waals surface area contributed by atoms with Gasteiger partial charge in [-0.05, 0) is 36.0 Å². The lowest BCUT2D eigenvalue weighted by Crippen LogP contribution is -2.53. The van der Waals surface area contributed by atoms with E-state index >= 15 is 0 Å². The molecule has 180 valence electrons. The molecule has 2 unspecified atom stereocenters. The Kier molecular flexibility index (Phi) is 11.0. The van der Waals surface area contributed by atoms with Gasteiger partial charge in [0, 0.05) is 0 Å². The SMILES string of the molecule is CC(C)CC(NC(=O)OCc1ccccc1)C(=O)NC(C(=O)CSCc1ccco1)C(C)C. The normalized spacial score (nSPS) is 12.9. The van der Waals surface area contributed by atoms with Gasteiger partial charge in [0.1, 0.15) is 18.4 Å². The van der Waals surface area contributed by atoms with Gasteiger partial charge >= 0.3 is 6.09 Å². The zero-order valence-electron chi connectivity index (χ0n) is 19.7. The molecule has 0 spiro atoms. The van der Waals surface area contributed by atoms with Crippen LogP contribution in [0, 0.1) is 11.8 Å². The summed E-state index contributed by atoms with van der Waals surface area (Å²) in [6.45, 7) is 7.82. The summed E-state index contributed by atoms with van der Waals surface area (Å²) in [6.07, 6.45) is 1.36. The Balaban J connectivity index is 1.92. The second-order valence-electron chi connectivity index (χ2n) is 8.66. The van der Waals surface area contributed by atoms with Crippen LogP contribution in [-0.2, 0) is 26.7 Å². The fourth-order valence-electron chi connectivity index (χ4n) is 3.22. The molecule has 2 rings (SSSR count). The smallest absolute Gasteiger partial charge is 0.408 e. The topological polar surface area (TPSA) is 97.6 Å². The first-order chi connectivity index (χ1) is 15.8. The van der Waals surface area contributed by atoms with Gasteiger partial charge in [-0.2, -0.15) is 0 Å². The highest BCUT2D eigenvalue weighted by atomic mass is 32.2. The van der Waals surface area contributed by atoms with Gasteiger partial charge in [0.2, 0.25) is 5.91 Å². The lowest BCUT2D eigenvalue weighted by molar-refractivity contribution is -0.129. The molecule has 2 N–H and O–H groups in total. The molecule has 2 aromatic rings. The van der Waals surface area contributed by atoms with Gasteiger partial charge in [0.05, 0.1) is 23.8 Å². The van der Waals surface area contributed by atoms with Crippen molar-refractivity contribution in [1.82, 2.24) is 10.6 Å². The monoisotopic (exact) mass is 474 g/mol. The maximum absolute atomic E-state index is 13.0. The van der Waals surface area contributed by atoms with Crippen LogP contribution in [-0.4, -0.2) is 35.6 Å². The lowest BCUT2D eigenvalue weighted by atomic mass is 9.98. The van der Waals surface area contributed by atoms with E-state index in [0.717, 1.165) is 11.3 Å². The maximum atomic E-state index is 13.0. The largest absolute Gasteiger partial charge is 0.468 e. The van der Waals surface area contributed by atoms with Crippen molar-refractivity contribution in [3.63, 3.8) is 0 Å². The number of carbonyl (C=O) groups is 3. The molecule has 8 heteroatoms. The van der Waals surface area contributed by atoms with Gasteiger partial charge in [-0.3, -0.25) is 9.59 Å². The third-order valence-electron chi connectivity index (χ3n) is 4.91. The summed E-state index contributed by atoms with van der Waals surface area (Å²) in [5.41, 5.74) is 0.857. The first-order valence-electron chi connectivity index (χ1n) is 11.2. The van der Waals surface area contributed by atoms with Crippen molar-refractivity contribution >= 4 is 29.5 Å². The summed E-state index contributed by atoms with van der Waals surface area (Å²) in [6, 6.07) is 11.6. The van der Waals surface area contributed by atoms with E-state index in [0.29, 0.717) is 12.2 Å². The summed E-state index contributed by atoms with van der Waals surface area (Å²) in [5.74, 6) is 1.26. The maximum Gasteiger partial charge on any atom is 0.408 e. The summed E-state index contributed by atoms with van der Waals surface area (Å²) in [4.78, 5) is 38.1. The molecular formula is C25H34N2O5S. The van der Waals surface area contributed by atoms with Crippen molar-refractivity contribution in [2.45, 2.75) is 58.6 Å². The molecule has 7 nitrogen and oxygen atoms in total. The van der Waals surface area contributed by atoms with Gasteiger partial charge in [-0.1, -0.05) is 58.0 Å². The van der Waals surface area contributed by atoms with Crippen molar-refractivity contribution in [3.8, 4) is 0 Å². The third kappa shape index (κ3) is 9.74. The molecule has 0 bridgehead atoms. The molecule has 0 saturated carbocycles. The second-order valence-corrected chi connectivity index (χ2v) is 9.64. The molecule has 2 amide bonds. The Labute approximate surface area is 200 Å². The number of nitrogens with one attached hydrogen (secondary N) is 2. The van der Waals surface area contributed by atoms with Crippen LogP contribution in [0.5, 0.6) is 0 Å². The van der Waals surface area contributed by atoms with Crippen molar-refractivity contribution in [2.75, 3.05) is 5.75 Å². The zero-order chi connectivity index (χ0) is 24.2. The molecule has 0 saturated heterocycles. The molecule has 33 heavy (non-hydrogen) atoms. The molecule has 0 aliphatic rings. The van der Waals surface area contributed by atoms with E-state index in [2.05, 4.69) is 10.6 Å². The van der Waals surface area contributed by atoms with Gasteiger partial charge < -0.3 is 19.8 Å². The van der Waals surface area contributed by atoms with E-state index in [1.807, 2.05) is 70.2 Å². The Morgan fingerprint density at radius 2 is 1.73 bits per heavy atom. The summed E-state index contributed by atoms with van der Waals surface area (Å²) >= 11 is 1.44. The molecule has 0 aliphatic heterocycles. The van der Waals surface area contributed by atoms with Crippen LogP contribution in [0.25, 0.3) is 0 Å². The summed E-state index contributed by atoms with van der Waals surface area (Å²) in [5, 5.41) is 5.51. The number of furan rings is 1. The fourth-order valence-corrected chi connectivity index (χ4v) is 4.07.